The number of hydrogen-bond donors (Lipinski definition) is 2. The Hall–Kier alpha value is -0.220. The first-order valence-electron chi connectivity index (χ1n) is 1.83. The Morgan fingerprint density at radius 2 is 1.70 bits per heavy atom. The van der Waals surface area contributed by atoms with Crippen molar-refractivity contribution in [2.24, 2.45) is 0 Å². The van der Waals surface area contributed by atoms with Gasteiger partial charge in [-0.25, -0.2) is 0 Å². The lowest BCUT2D eigenvalue weighted by Crippen LogP contribution is -2.29. The van der Waals surface area contributed by atoms with Gasteiger partial charge in [-0.1, -0.05) is 4.89 Å². The van der Waals surface area contributed by atoms with Crippen molar-refractivity contribution < 1.29 is 26.2 Å². The standard InChI is InChI=1S/CH5NO6S2/c1-8-2-9(3,4)10(5,6)7/h2H,1H3,(H,5,6,7). The van der Waals surface area contributed by atoms with Crippen LogP contribution in [0.3, 0.4) is 0 Å². The molecule has 0 aliphatic carbocycles. The third kappa shape index (κ3) is 2.19. The van der Waals surface area contributed by atoms with Gasteiger partial charge in [0.15, 0.2) is 0 Å². The Bertz CT molecular complexity index is 284. The Morgan fingerprint density at radius 1 is 1.30 bits per heavy atom. The molecule has 0 bridgehead atoms. The van der Waals surface area contributed by atoms with Crippen molar-refractivity contribution in [3.8, 4) is 0 Å². The van der Waals surface area contributed by atoms with E-state index in [1.165, 1.54) is 0 Å². The van der Waals surface area contributed by atoms with E-state index in [-0.39, 0.29) is 0 Å². The van der Waals surface area contributed by atoms with Gasteiger partial charge in [0.2, 0.25) is 0 Å². The fourth-order valence-electron chi connectivity index (χ4n) is 0.145. The van der Waals surface area contributed by atoms with Crippen LogP contribution >= 0.6 is 0 Å². The molecule has 0 aromatic rings. The zero-order valence-electron chi connectivity index (χ0n) is 4.80. The molecule has 7 nitrogen and oxygen atoms in total. The van der Waals surface area contributed by atoms with Crippen LogP contribution in [0.5, 0.6) is 0 Å². The third-order valence-corrected chi connectivity index (χ3v) is 3.26. The van der Waals surface area contributed by atoms with Crippen LogP contribution in [0.25, 0.3) is 0 Å². The van der Waals surface area contributed by atoms with E-state index < -0.39 is 18.2 Å². The van der Waals surface area contributed by atoms with Crippen LogP contribution in [0.1, 0.15) is 0 Å². The Morgan fingerprint density at radius 3 is 1.80 bits per heavy atom. The summed E-state index contributed by atoms with van der Waals surface area (Å²) in [4.78, 5) is 4.85. The van der Waals surface area contributed by atoms with Gasteiger partial charge in [-0.3, -0.25) is 9.39 Å². The van der Waals surface area contributed by atoms with E-state index in [0.717, 1.165) is 12.0 Å². The van der Waals surface area contributed by atoms with E-state index >= 15 is 0 Å². The molecule has 0 unspecified atom stereocenters. The average Bonchev–Trinajstić information content (AvgIpc) is 1.61. The summed E-state index contributed by atoms with van der Waals surface area (Å²) in [7, 11) is -9.03. The minimum atomic E-state index is -5.13. The maximum Gasteiger partial charge on any atom is 0.388 e. The fourth-order valence-corrected chi connectivity index (χ4v) is 0.897. The van der Waals surface area contributed by atoms with Crippen LogP contribution < -0.4 is 4.89 Å². The molecule has 0 rings (SSSR count). The summed E-state index contributed by atoms with van der Waals surface area (Å²) in [5.74, 6) is 0. The Kier molecular flexibility index (Phi) is 2.74. The first-order valence-corrected chi connectivity index (χ1v) is 5.27. The number of hydrogen-bond acceptors (Lipinski definition) is 5. The van der Waals surface area contributed by atoms with Gasteiger partial charge in [-0.05, 0) is 0 Å². The normalized spacial score (nSPS) is 13.4. The predicted octanol–water partition coefficient (Wildman–Crippen LogP) is -1.73. The summed E-state index contributed by atoms with van der Waals surface area (Å²) < 4.78 is 48.0. The van der Waals surface area contributed by atoms with Gasteiger partial charge in [0.05, 0.1) is 7.11 Å². The maximum absolute atomic E-state index is 10.2. The second-order valence-corrected chi connectivity index (χ2v) is 5.68. The highest BCUT2D eigenvalue weighted by Gasteiger charge is 2.26. The second kappa shape index (κ2) is 2.80. The van der Waals surface area contributed by atoms with Gasteiger partial charge in [-0.15, -0.1) is 0 Å². The van der Waals surface area contributed by atoms with Crippen molar-refractivity contribution in [3.63, 3.8) is 0 Å². The zero-order valence-corrected chi connectivity index (χ0v) is 6.44. The largest absolute Gasteiger partial charge is 0.388 e. The second-order valence-electron chi connectivity index (χ2n) is 1.17. The van der Waals surface area contributed by atoms with Crippen molar-refractivity contribution in [2.45, 2.75) is 0 Å². The highest BCUT2D eigenvalue weighted by molar-refractivity contribution is 8.64. The van der Waals surface area contributed by atoms with Crippen LogP contribution in [0.4, 0.5) is 0 Å². The van der Waals surface area contributed by atoms with Gasteiger partial charge in [0, 0.05) is 0 Å². The van der Waals surface area contributed by atoms with Crippen LogP contribution in [0.2, 0.25) is 0 Å². The van der Waals surface area contributed by atoms with E-state index in [2.05, 4.69) is 4.84 Å². The van der Waals surface area contributed by atoms with Crippen LogP contribution in [0, 0.1) is 0 Å². The molecule has 0 saturated heterocycles. The summed E-state index contributed by atoms with van der Waals surface area (Å²) in [6.45, 7) is 0. The molecule has 0 aliphatic heterocycles. The van der Waals surface area contributed by atoms with E-state index in [1.54, 1.807) is 0 Å². The molecule has 0 atom stereocenters. The predicted molar refractivity (Wildman–Crippen MR) is 30.6 cm³/mol. The van der Waals surface area contributed by atoms with Crippen LogP contribution in [-0.2, 0) is 23.0 Å². The van der Waals surface area contributed by atoms with Gasteiger partial charge in [-0.2, -0.15) is 16.8 Å². The maximum atomic E-state index is 10.2. The lowest BCUT2D eigenvalue weighted by Gasteiger charge is -1.97. The monoisotopic (exact) mass is 191 g/mol. The third-order valence-electron chi connectivity index (χ3n) is 0.463. The van der Waals surface area contributed by atoms with E-state index in [9.17, 15) is 16.8 Å². The summed E-state index contributed by atoms with van der Waals surface area (Å²) >= 11 is 0. The summed E-state index contributed by atoms with van der Waals surface area (Å²) in [6, 6.07) is 0. The molecule has 0 spiro atoms. The molecular weight excluding hydrogens is 186 g/mol. The quantitative estimate of drug-likeness (QED) is 0.311. The highest BCUT2D eigenvalue weighted by Crippen LogP contribution is 1.93. The van der Waals surface area contributed by atoms with E-state index in [0.29, 0.717) is 0 Å². The molecule has 0 aromatic carbocycles. The van der Waals surface area contributed by atoms with Crippen LogP contribution in [-0.4, -0.2) is 28.5 Å². The summed E-state index contributed by atoms with van der Waals surface area (Å²) in [5.41, 5.74) is 0. The zero-order chi connectivity index (χ0) is 8.41. The molecule has 62 valence electrons. The van der Waals surface area contributed by atoms with Gasteiger partial charge in [0.25, 0.3) is 0 Å². The SMILES string of the molecule is CONS(=O)(=O)S(=O)(=O)O. The highest BCUT2D eigenvalue weighted by atomic mass is 33.2. The molecule has 0 aromatic heterocycles. The first kappa shape index (κ1) is 9.78. The molecule has 9 heteroatoms. The van der Waals surface area contributed by atoms with E-state index in [4.69, 9.17) is 4.55 Å². The number of nitrogens with one attached hydrogen (secondary N) is 1. The van der Waals surface area contributed by atoms with Gasteiger partial charge >= 0.3 is 18.2 Å². The minimum Gasteiger partial charge on any atom is -0.290 e. The number of rotatable bonds is 3. The van der Waals surface area contributed by atoms with Crippen molar-refractivity contribution in [2.75, 3.05) is 7.11 Å². The van der Waals surface area contributed by atoms with E-state index in [1.807, 2.05) is 0 Å². The topological polar surface area (TPSA) is 110 Å². The molecular formula is CH5NO6S2. The molecule has 0 amide bonds. The molecule has 0 aliphatic rings. The lowest BCUT2D eigenvalue weighted by atomic mass is 11.7. The van der Waals surface area contributed by atoms with Crippen molar-refractivity contribution in [1.29, 1.82) is 0 Å². The molecule has 0 saturated carbocycles. The van der Waals surface area contributed by atoms with Crippen molar-refractivity contribution in [1.82, 2.24) is 4.89 Å². The van der Waals surface area contributed by atoms with Crippen molar-refractivity contribution >= 4 is 18.2 Å². The first-order chi connectivity index (χ1) is 4.31. The summed E-state index contributed by atoms with van der Waals surface area (Å²) in [5, 5.41) is 0. The molecule has 0 heterocycles. The smallest absolute Gasteiger partial charge is 0.290 e. The fraction of sp³-hybridized carbons (Fsp3) is 1.00. The Balaban J connectivity index is 4.80. The molecule has 0 fully saturated rings. The molecule has 10 heavy (non-hydrogen) atoms. The lowest BCUT2D eigenvalue weighted by molar-refractivity contribution is 0.155. The Labute approximate surface area is 57.1 Å². The summed E-state index contributed by atoms with van der Waals surface area (Å²) in [6.07, 6.45) is 0. The average molecular weight is 191 g/mol. The van der Waals surface area contributed by atoms with Crippen LogP contribution in [0.15, 0.2) is 0 Å². The molecule has 0 radical (unpaired) electrons. The van der Waals surface area contributed by atoms with Gasteiger partial charge < -0.3 is 0 Å². The molecule has 2 N–H and O–H groups in total. The van der Waals surface area contributed by atoms with Crippen molar-refractivity contribution in [3.05, 3.63) is 0 Å². The minimum absolute atomic E-state index is 0.892. The van der Waals surface area contributed by atoms with Gasteiger partial charge in [0.1, 0.15) is 0 Å².